The summed E-state index contributed by atoms with van der Waals surface area (Å²) in [5.41, 5.74) is 0.617. The highest BCUT2D eigenvalue weighted by Gasteiger charge is 2.15. The highest BCUT2D eigenvalue weighted by atomic mass is 16.6. The normalized spacial score (nSPS) is 9.95. The smallest absolute Gasteiger partial charge is 0.311 e. The Morgan fingerprint density at radius 3 is 2.84 bits per heavy atom. The van der Waals surface area contributed by atoms with Gasteiger partial charge in [-0.15, -0.1) is 0 Å². The molecule has 0 aliphatic heterocycles. The molecule has 19 heavy (non-hydrogen) atoms. The first-order valence-electron chi connectivity index (χ1n) is 5.55. The lowest BCUT2D eigenvalue weighted by Gasteiger charge is -2.07. The number of aromatic nitrogens is 1. The molecular formula is C13H12N2O4. The molecular weight excluding hydrogens is 248 g/mol. The average molecular weight is 260 g/mol. The monoisotopic (exact) mass is 260 g/mol. The van der Waals surface area contributed by atoms with E-state index in [0.29, 0.717) is 11.3 Å². The van der Waals surface area contributed by atoms with Gasteiger partial charge in [0.1, 0.15) is 12.4 Å². The summed E-state index contributed by atoms with van der Waals surface area (Å²) in [6, 6.07) is 8.24. The predicted molar refractivity (Wildman–Crippen MR) is 68.2 cm³/mol. The summed E-state index contributed by atoms with van der Waals surface area (Å²) >= 11 is 0. The van der Waals surface area contributed by atoms with E-state index in [-0.39, 0.29) is 18.0 Å². The van der Waals surface area contributed by atoms with Crippen molar-refractivity contribution in [2.75, 3.05) is 7.11 Å². The fourth-order valence-corrected chi connectivity index (χ4v) is 1.57. The van der Waals surface area contributed by atoms with Crippen LogP contribution in [0.1, 0.15) is 5.56 Å². The third kappa shape index (κ3) is 3.19. The Labute approximate surface area is 109 Å². The summed E-state index contributed by atoms with van der Waals surface area (Å²) in [7, 11) is 1.40. The average Bonchev–Trinajstić information content (AvgIpc) is 2.46. The Hall–Kier alpha value is -2.63. The third-order valence-corrected chi connectivity index (χ3v) is 2.48. The number of benzene rings is 1. The summed E-state index contributed by atoms with van der Waals surface area (Å²) in [6.07, 6.45) is 3.23. The van der Waals surface area contributed by atoms with E-state index in [0.717, 1.165) is 0 Å². The van der Waals surface area contributed by atoms with Gasteiger partial charge in [0.2, 0.25) is 0 Å². The van der Waals surface area contributed by atoms with Crippen LogP contribution in [0.25, 0.3) is 0 Å². The standard InChI is InChI=1S/C13H12N2O4/c1-18-13-5-4-10(7-12(13)15(16)17)9-19-11-3-2-6-14-8-11/h2-8H,9H2,1H3. The third-order valence-electron chi connectivity index (χ3n) is 2.48. The van der Waals surface area contributed by atoms with Crippen molar-refractivity contribution in [2.24, 2.45) is 0 Å². The summed E-state index contributed by atoms with van der Waals surface area (Å²) in [4.78, 5) is 14.3. The lowest BCUT2D eigenvalue weighted by molar-refractivity contribution is -0.385. The molecule has 0 bridgehead atoms. The molecule has 1 aromatic carbocycles. The first kappa shape index (κ1) is 12.8. The molecule has 0 aliphatic rings. The number of nitrogens with zero attached hydrogens (tertiary/aromatic N) is 2. The van der Waals surface area contributed by atoms with Gasteiger partial charge < -0.3 is 9.47 Å². The highest BCUT2D eigenvalue weighted by molar-refractivity contribution is 5.48. The van der Waals surface area contributed by atoms with Crippen LogP contribution in [-0.4, -0.2) is 17.0 Å². The van der Waals surface area contributed by atoms with E-state index in [1.807, 2.05) is 0 Å². The van der Waals surface area contributed by atoms with E-state index in [4.69, 9.17) is 9.47 Å². The summed E-state index contributed by atoms with van der Waals surface area (Å²) < 4.78 is 10.4. The maximum Gasteiger partial charge on any atom is 0.311 e. The predicted octanol–water partition coefficient (Wildman–Crippen LogP) is 2.58. The zero-order valence-corrected chi connectivity index (χ0v) is 10.3. The van der Waals surface area contributed by atoms with Gasteiger partial charge in [-0.2, -0.15) is 0 Å². The first-order chi connectivity index (χ1) is 9.20. The largest absolute Gasteiger partial charge is 0.490 e. The van der Waals surface area contributed by atoms with E-state index < -0.39 is 4.92 Å². The Balaban J connectivity index is 2.13. The number of methoxy groups -OCH3 is 1. The Morgan fingerprint density at radius 1 is 1.37 bits per heavy atom. The maximum absolute atomic E-state index is 10.9. The molecule has 98 valence electrons. The molecule has 0 spiro atoms. The van der Waals surface area contributed by atoms with Crippen LogP contribution < -0.4 is 9.47 Å². The van der Waals surface area contributed by atoms with Crippen molar-refractivity contribution >= 4 is 5.69 Å². The van der Waals surface area contributed by atoms with Gasteiger partial charge in [-0.1, -0.05) is 6.07 Å². The molecule has 0 atom stereocenters. The molecule has 6 heteroatoms. The number of nitro benzene ring substituents is 1. The molecule has 0 radical (unpaired) electrons. The van der Waals surface area contributed by atoms with Crippen LogP contribution in [0.2, 0.25) is 0 Å². The van der Waals surface area contributed by atoms with Crippen molar-refractivity contribution in [3.05, 3.63) is 58.4 Å². The van der Waals surface area contributed by atoms with E-state index in [9.17, 15) is 10.1 Å². The molecule has 1 aromatic heterocycles. The summed E-state index contributed by atoms with van der Waals surface area (Å²) in [5, 5.41) is 10.9. The van der Waals surface area contributed by atoms with Crippen molar-refractivity contribution < 1.29 is 14.4 Å². The SMILES string of the molecule is COc1ccc(COc2cccnc2)cc1[N+](=O)[O-]. The highest BCUT2D eigenvalue weighted by Crippen LogP contribution is 2.27. The molecule has 0 unspecified atom stereocenters. The number of nitro groups is 1. The number of pyridine rings is 1. The Morgan fingerprint density at radius 2 is 2.21 bits per heavy atom. The van der Waals surface area contributed by atoms with Crippen LogP contribution in [0, 0.1) is 10.1 Å². The van der Waals surface area contributed by atoms with E-state index in [2.05, 4.69) is 4.98 Å². The zero-order chi connectivity index (χ0) is 13.7. The van der Waals surface area contributed by atoms with Crippen LogP contribution in [0.15, 0.2) is 42.7 Å². The van der Waals surface area contributed by atoms with Gasteiger partial charge in [-0.05, 0) is 23.8 Å². The van der Waals surface area contributed by atoms with Gasteiger partial charge >= 0.3 is 5.69 Å². The number of hydrogen-bond donors (Lipinski definition) is 0. The molecule has 0 aliphatic carbocycles. The van der Waals surface area contributed by atoms with Crippen LogP contribution in [0.3, 0.4) is 0 Å². The fourth-order valence-electron chi connectivity index (χ4n) is 1.57. The van der Waals surface area contributed by atoms with Crippen LogP contribution >= 0.6 is 0 Å². The topological polar surface area (TPSA) is 74.5 Å². The summed E-state index contributed by atoms with van der Waals surface area (Å²) in [6.45, 7) is 0.233. The van der Waals surface area contributed by atoms with Gasteiger partial charge in [-0.3, -0.25) is 15.1 Å². The van der Waals surface area contributed by atoms with Gasteiger partial charge in [-0.25, -0.2) is 0 Å². The van der Waals surface area contributed by atoms with E-state index in [1.54, 1.807) is 36.7 Å². The molecule has 2 aromatic rings. The fraction of sp³-hybridized carbons (Fsp3) is 0.154. The van der Waals surface area contributed by atoms with E-state index in [1.165, 1.54) is 13.2 Å². The molecule has 0 saturated heterocycles. The second-order valence-electron chi connectivity index (χ2n) is 3.74. The summed E-state index contributed by atoms with van der Waals surface area (Å²) in [5.74, 6) is 0.844. The van der Waals surface area contributed by atoms with Crippen LogP contribution in [0.5, 0.6) is 11.5 Å². The number of hydrogen-bond acceptors (Lipinski definition) is 5. The first-order valence-corrected chi connectivity index (χ1v) is 5.55. The van der Waals surface area contributed by atoms with Crippen molar-refractivity contribution in [3.8, 4) is 11.5 Å². The van der Waals surface area contributed by atoms with Crippen LogP contribution in [-0.2, 0) is 6.61 Å². The lowest BCUT2D eigenvalue weighted by Crippen LogP contribution is -1.99. The Bertz CT molecular complexity index is 572. The quantitative estimate of drug-likeness (QED) is 0.610. The minimum absolute atomic E-state index is 0.0743. The lowest BCUT2D eigenvalue weighted by atomic mass is 10.2. The van der Waals surface area contributed by atoms with Crippen molar-refractivity contribution in [2.45, 2.75) is 6.61 Å². The van der Waals surface area contributed by atoms with Crippen molar-refractivity contribution in [3.63, 3.8) is 0 Å². The molecule has 6 nitrogen and oxygen atoms in total. The molecule has 0 amide bonds. The van der Waals surface area contributed by atoms with Gasteiger partial charge in [0, 0.05) is 12.3 Å². The van der Waals surface area contributed by atoms with Crippen LogP contribution in [0.4, 0.5) is 5.69 Å². The van der Waals surface area contributed by atoms with Gasteiger partial charge in [0.05, 0.1) is 18.2 Å². The minimum Gasteiger partial charge on any atom is -0.490 e. The van der Waals surface area contributed by atoms with Gasteiger partial charge in [0.25, 0.3) is 0 Å². The number of ether oxygens (including phenoxy) is 2. The van der Waals surface area contributed by atoms with Crippen molar-refractivity contribution in [1.29, 1.82) is 0 Å². The second kappa shape index (κ2) is 5.81. The van der Waals surface area contributed by atoms with E-state index >= 15 is 0 Å². The molecule has 1 heterocycles. The molecule has 0 fully saturated rings. The number of rotatable bonds is 5. The Kier molecular flexibility index (Phi) is 3.92. The molecule has 0 saturated carbocycles. The minimum atomic E-state index is -0.480. The van der Waals surface area contributed by atoms with Crippen molar-refractivity contribution in [1.82, 2.24) is 4.98 Å². The molecule has 2 rings (SSSR count). The zero-order valence-electron chi connectivity index (χ0n) is 10.3. The second-order valence-corrected chi connectivity index (χ2v) is 3.74. The maximum atomic E-state index is 10.9. The van der Waals surface area contributed by atoms with Gasteiger partial charge in [0.15, 0.2) is 5.75 Å². The molecule has 0 N–H and O–H groups in total.